The highest BCUT2D eigenvalue weighted by Gasteiger charge is 2.21. The van der Waals surface area contributed by atoms with Crippen LogP contribution < -0.4 is 10.5 Å². The van der Waals surface area contributed by atoms with Gasteiger partial charge in [-0.1, -0.05) is 36.0 Å². The van der Waals surface area contributed by atoms with Gasteiger partial charge in [0.25, 0.3) is 0 Å². The zero-order valence-corrected chi connectivity index (χ0v) is 15.1. The van der Waals surface area contributed by atoms with E-state index in [0.717, 1.165) is 4.90 Å². The van der Waals surface area contributed by atoms with Crippen LogP contribution in [0.4, 0.5) is 5.82 Å². The smallest absolute Gasteiger partial charge is 0.161 e. The molecule has 3 aromatic rings. The first-order valence-corrected chi connectivity index (χ1v) is 8.64. The molecule has 7 heteroatoms. The van der Waals surface area contributed by atoms with E-state index >= 15 is 0 Å². The summed E-state index contributed by atoms with van der Waals surface area (Å²) in [6, 6.07) is 18.2. The van der Waals surface area contributed by atoms with Crippen molar-refractivity contribution in [2.24, 2.45) is 0 Å². The van der Waals surface area contributed by atoms with Crippen molar-refractivity contribution in [1.29, 1.82) is 10.5 Å². The molecule has 0 aliphatic carbocycles. The normalized spacial score (nSPS) is 10.0. The molecule has 0 saturated heterocycles. The molecule has 0 unspecified atom stereocenters. The van der Waals surface area contributed by atoms with Gasteiger partial charge in [-0.2, -0.15) is 10.5 Å². The molecule has 2 aromatic carbocycles. The van der Waals surface area contributed by atoms with Crippen LogP contribution in [0.25, 0.3) is 11.1 Å². The molecular weight excluding hydrogens is 360 g/mol. The first kappa shape index (κ1) is 18.1. The number of phenols is 1. The Labute approximate surface area is 160 Å². The van der Waals surface area contributed by atoms with Gasteiger partial charge in [0.1, 0.15) is 28.5 Å². The van der Waals surface area contributed by atoms with Gasteiger partial charge in [0.2, 0.25) is 0 Å². The lowest BCUT2D eigenvalue weighted by Gasteiger charge is -2.14. The number of benzene rings is 2. The van der Waals surface area contributed by atoms with Crippen molar-refractivity contribution in [2.75, 3.05) is 12.8 Å². The lowest BCUT2D eigenvalue weighted by Crippen LogP contribution is -2.03. The number of anilines is 1. The van der Waals surface area contributed by atoms with E-state index in [-0.39, 0.29) is 28.4 Å². The van der Waals surface area contributed by atoms with Crippen LogP contribution in [0.3, 0.4) is 0 Å². The Morgan fingerprint density at radius 2 is 1.78 bits per heavy atom. The summed E-state index contributed by atoms with van der Waals surface area (Å²) in [6.45, 7) is 0. The number of hydrogen-bond acceptors (Lipinski definition) is 7. The van der Waals surface area contributed by atoms with Crippen LogP contribution in [-0.2, 0) is 0 Å². The van der Waals surface area contributed by atoms with Crippen LogP contribution in [0.5, 0.6) is 11.5 Å². The lowest BCUT2D eigenvalue weighted by atomic mass is 9.96. The number of nitrogen functional groups attached to an aromatic ring is 1. The number of phenolic OH excluding ortho intramolecular Hbond substituents is 1. The predicted molar refractivity (Wildman–Crippen MR) is 102 cm³/mol. The molecule has 1 aromatic heterocycles. The summed E-state index contributed by atoms with van der Waals surface area (Å²) in [5.41, 5.74) is 7.25. The Hall–Kier alpha value is -3.68. The van der Waals surface area contributed by atoms with Crippen LogP contribution in [-0.4, -0.2) is 17.2 Å². The molecule has 0 bridgehead atoms. The molecule has 132 valence electrons. The second kappa shape index (κ2) is 7.69. The molecule has 0 fully saturated rings. The highest BCUT2D eigenvalue weighted by Crippen LogP contribution is 2.40. The maximum Gasteiger partial charge on any atom is 0.161 e. The van der Waals surface area contributed by atoms with Crippen LogP contribution in [0.2, 0.25) is 0 Å². The van der Waals surface area contributed by atoms with Gasteiger partial charge >= 0.3 is 0 Å². The lowest BCUT2D eigenvalue weighted by molar-refractivity contribution is 0.373. The Kier molecular flexibility index (Phi) is 5.16. The van der Waals surface area contributed by atoms with Crippen molar-refractivity contribution in [3.05, 3.63) is 59.7 Å². The molecule has 0 saturated carbocycles. The molecule has 0 radical (unpaired) electrons. The summed E-state index contributed by atoms with van der Waals surface area (Å²) < 4.78 is 5.14. The average Bonchev–Trinajstić information content (AvgIpc) is 2.69. The highest BCUT2D eigenvalue weighted by atomic mass is 32.2. The Morgan fingerprint density at radius 3 is 2.41 bits per heavy atom. The van der Waals surface area contributed by atoms with Crippen LogP contribution in [0.15, 0.2) is 58.5 Å². The number of pyridine rings is 1. The molecule has 0 spiro atoms. The third-order valence-corrected chi connectivity index (χ3v) is 4.84. The van der Waals surface area contributed by atoms with E-state index in [9.17, 15) is 15.6 Å². The summed E-state index contributed by atoms with van der Waals surface area (Å²) >= 11 is 1.29. The van der Waals surface area contributed by atoms with Gasteiger partial charge in [0.05, 0.1) is 12.7 Å². The summed E-state index contributed by atoms with van der Waals surface area (Å²) in [5.74, 6) is 0.226. The number of aromatic hydroxyl groups is 1. The molecule has 1 heterocycles. The zero-order chi connectivity index (χ0) is 19.4. The molecule has 3 N–H and O–H groups in total. The zero-order valence-electron chi connectivity index (χ0n) is 14.3. The van der Waals surface area contributed by atoms with E-state index in [1.54, 1.807) is 12.1 Å². The maximum absolute atomic E-state index is 9.84. The first-order chi connectivity index (χ1) is 13.1. The van der Waals surface area contributed by atoms with Crippen molar-refractivity contribution in [1.82, 2.24) is 4.98 Å². The number of nitrogens with two attached hydrogens (primary N) is 1. The molecule has 0 amide bonds. The Morgan fingerprint density at radius 1 is 1.07 bits per heavy atom. The van der Waals surface area contributed by atoms with Gasteiger partial charge in [-0.15, -0.1) is 0 Å². The van der Waals surface area contributed by atoms with Crippen LogP contribution in [0, 0.1) is 22.7 Å². The maximum atomic E-state index is 9.84. The number of hydrogen-bond donors (Lipinski definition) is 2. The minimum absolute atomic E-state index is 0.0389. The van der Waals surface area contributed by atoms with Gasteiger partial charge in [0.15, 0.2) is 11.5 Å². The van der Waals surface area contributed by atoms with Gasteiger partial charge in [-0.25, -0.2) is 4.98 Å². The van der Waals surface area contributed by atoms with E-state index in [1.165, 1.54) is 24.9 Å². The molecule has 6 nitrogen and oxygen atoms in total. The van der Waals surface area contributed by atoms with Crippen molar-refractivity contribution in [2.45, 2.75) is 9.92 Å². The van der Waals surface area contributed by atoms with Crippen molar-refractivity contribution in [3.8, 4) is 34.8 Å². The van der Waals surface area contributed by atoms with Gasteiger partial charge in [-0.05, 0) is 29.8 Å². The third kappa shape index (κ3) is 3.50. The highest BCUT2D eigenvalue weighted by molar-refractivity contribution is 7.99. The van der Waals surface area contributed by atoms with E-state index in [1.807, 2.05) is 36.4 Å². The standard InChI is InChI=1S/C20H14N4O2S/c1-26-17-9-12(7-8-16(17)25)18-14(10-21)19(23)24-20(15(18)11-22)27-13-5-3-2-4-6-13/h2-9,25H,1H3,(H2,23,24). The number of rotatable bonds is 4. The van der Waals surface area contributed by atoms with E-state index in [0.29, 0.717) is 16.2 Å². The fourth-order valence-electron chi connectivity index (χ4n) is 2.59. The Bertz CT molecular complexity index is 1090. The molecule has 0 aliphatic rings. The SMILES string of the molecule is COc1cc(-c2c(C#N)c(N)nc(Sc3ccccc3)c2C#N)ccc1O. The van der Waals surface area contributed by atoms with Crippen LogP contribution >= 0.6 is 11.8 Å². The summed E-state index contributed by atoms with van der Waals surface area (Å²) in [4.78, 5) is 5.16. The number of nitrogens with zero attached hydrogens (tertiary/aromatic N) is 3. The topological polar surface area (TPSA) is 116 Å². The molecule has 3 rings (SSSR count). The number of nitriles is 2. The number of methoxy groups -OCH3 is 1. The molecule has 0 aliphatic heterocycles. The van der Waals surface area contributed by atoms with Crippen LogP contribution in [0.1, 0.15) is 11.1 Å². The predicted octanol–water partition coefficient (Wildman–Crippen LogP) is 3.94. The molecule has 0 atom stereocenters. The summed E-state index contributed by atoms with van der Waals surface area (Å²) in [6.07, 6.45) is 0. The minimum Gasteiger partial charge on any atom is -0.504 e. The minimum atomic E-state index is -0.0424. The summed E-state index contributed by atoms with van der Waals surface area (Å²) in [7, 11) is 1.42. The Balaban J connectivity index is 2.26. The quantitative estimate of drug-likeness (QED) is 0.710. The largest absolute Gasteiger partial charge is 0.504 e. The second-order valence-electron chi connectivity index (χ2n) is 5.45. The second-order valence-corrected chi connectivity index (χ2v) is 6.51. The fraction of sp³-hybridized carbons (Fsp3) is 0.0500. The van der Waals surface area contributed by atoms with Crippen molar-refractivity contribution in [3.63, 3.8) is 0 Å². The molecular formula is C20H14N4O2S. The summed E-state index contributed by atoms with van der Waals surface area (Å²) in [5, 5.41) is 29.6. The van der Waals surface area contributed by atoms with E-state index in [2.05, 4.69) is 11.1 Å². The van der Waals surface area contributed by atoms with Crippen molar-refractivity contribution < 1.29 is 9.84 Å². The van der Waals surface area contributed by atoms with Gasteiger partial charge in [-0.3, -0.25) is 0 Å². The van der Waals surface area contributed by atoms with Crippen molar-refractivity contribution >= 4 is 17.6 Å². The molecule has 27 heavy (non-hydrogen) atoms. The number of ether oxygens (including phenoxy) is 1. The third-order valence-electron chi connectivity index (χ3n) is 3.84. The fourth-order valence-corrected chi connectivity index (χ4v) is 3.50. The van der Waals surface area contributed by atoms with Gasteiger partial charge in [0, 0.05) is 10.5 Å². The first-order valence-electron chi connectivity index (χ1n) is 7.83. The number of aromatic nitrogens is 1. The van der Waals surface area contributed by atoms with E-state index in [4.69, 9.17) is 10.5 Å². The monoisotopic (exact) mass is 374 g/mol. The van der Waals surface area contributed by atoms with Gasteiger partial charge < -0.3 is 15.6 Å². The van der Waals surface area contributed by atoms with E-state index < -0.39 is 0 Å². The average molecular weight is 374 g/mol.